The van der Waals surface area contributed by atoms with Crippen molar-refractivity contribution in [2.45, 2.75) is 52.4 Å². The highest BCUT2D eigenvalue weighted by Gasteiger charge is 2.25. The Hall–Kier alpha value is -4.70. The van der Waals surface area contributed by atoms with Crippen LogP contribution in [0.1, 0.15) is 63.9 Å². The Morgan fingerprint density at radius 3 is 1.98 bits per heavy atom. The average molecular weight is 552 g/mol. The van der Waals surface area contributed by atoms with E-state index in [1.807, 2.05) is 28.9 Å². The number of aromatic nitrogens is 3. The Kier molecular flexibility index (Phi) is 6.94. The summed E-state index contributed by atoms with van der Waals surface area (Å²) in [5.74, 6) is 0.628. The molecule has 0 amide bonds. The van der Waals surface area contributed by atoms with E-state index in [1.54, 1.807) is 0 Å². The molecule has 4 aromatic carbocycles. The molecule has 0 N–H and O–H groups in total. The van der Waals surface area contributed by atoms with Gasteiger partial charge in [-0.3, -0.25) is 0 Å². The Morgan fingerprint density at radius 2 is 1.33 bits per heavy atom. The molecule has 0 atom stereocenters. The summed E-state index contributed by atoms with van der Waals surface area (Å²) in [6, 6.07) is 35.5. The molecule has 0 spiro atoms. The third-order valence-corrected chi connectivity index (χ3v) is 7.57. The lowest BCUT2D eigenvalue weighted by atomic mass is 9.80. The van der Waals surface area contributed by atoms with Gasteiger partial charge in [0.2, 0.25) is 5.89 Å². The van der Waals surface area contributed by atoms with E-state index < -0.39 is 0 Å². The van der Waals surface area contributed by atoms with Gasteiger partial charge in [0.25, 0.3) is 0 Å². The van der Waals surface area contributed by atoms with Crippen molar-refractivity contribution in [2.24, 2.45) is 0 Å². The van der Waals surface area contributed by atoms with E-state index in [9.17, 15) is 0 Å². The van der Waals surface area contributed by atoms with Crippen molar-refractivity contribution >= 4 is 23.3 Å². The molecule has 6 rings (SSSR count). The molecule has 0 saturated carbocycles. The van der Waals surface area contributed by atoms with Crippen LogP contribution in [0, 0.1) is 0 Å². The van der Waals surface area contributed by atoms with E-state index in [0.29, 0.717) is 5.89 Å². The number of benzene rings is 4. The number of fused-ring (bicyclic) bond motifs is 1. The van der Waals surface area contributed by atoms with Crippen LogP contribution < -0.4 is 0 Å². The molecule has 0 saturated heterocycles. The smallest absolute Gasteiger partial charge is 0.227 e. The van der Waals surface area contributed by atoms with E-state index in [2.05, 4.69) is 133 Å². The van der Waals surface area contributed by atoms with Crippen LogP contribution in [0.15, 0.2) is 108 Å². The number of rotatable bonds is 5. The van der Waals surface area contributed by atoms with Gasteiger partial charge in [0.15, 0.2) is 5.58 Å². The molecule has 0 unspecified atom stereocenters. The maximum atomic E-state index is 6.40. The van der Waals surface area contributed by atoms with Crippen LogP contribution in [-0.2, 0) is 10.8 Å². The van der Waals surface area contributed by atoms with Gasteiger partial charge in [-0.25, -0.2) is 9.67 Å². The zero-order valence-corrected chi connectivity index (χ0v) is 25.2. The largest absolute Gasteiger partial charge is 0.436 e. The molecule has 0 aliphatic carbocycles. The Morgan fingerprint density at radius 1 is 0.667 bits per heavy atom. The third kappa shape index (κ3) is 5.58. The summed E-state index contributed by atoms with van der Waals surface area (Å²) in [4.78, 5) is 5.00. The molecule has 0 fully saturated rings. The van der Waals surface area contributed by atoms with Gasteiger partial charge < -0.3 is 4.42 Å². The van der Waals surface area contributed by atoms with E-state index in [0.717, 1.165) is 44.9 Å². The second kappa shape index (κ2) is 10.6. The topological polar surface area (TPSA) is 43.9 Å². The van der Waals surface area contributed by atoms with Crippen LogP contribution in [0.3, 0.4) is 0 Å². The molecule has 42 heavy (non-hydrogen) atoms. The Bertz CT molecular complexity index is 1860. The van der Waals surface area contributed by atoms with Crippen molar-refractivity contribution < 1.29 is 4.42 Å². The summed E-state index contributed by atoms with van der Waals surface area (Å²) < 4.78 is 8.40. The van der Waals surface area contributed by atoms with Crippen molar-refractivity contribution in [3.05, 3.63) is 126 Å². The molecule has 6 aromatic rings. The fraction of sp³-hybridized carbons (Fsp3) is 0.211. The molecular weight excluding hydrogens is 514 g/mol. The third-order valence-electron chi connectivity index (χ3n) is 7.57. The summed E-state index contributed by atoms with van der Waals surface area (Å²) in [7, 11) is 0. The minimum atomic E-state index is -0.0574. The monoisotopic (exact) mass is 551 g/mol. The Labute approximate surface area is 248 Å². The first kappa shape index (κ1) is 27.5. The molecule has 4 nitrogen and oxygen atoms in total. The van der Waals surface area contributed by atoms with Crippen molar-refractivity contribution in [2.75, 3.05) is 0 Å². The van der Waals surface area contributed by atoms with Crippen molar-refractivity contribution in [3.63, 3.8) is 0 Å². The standard InChI is InChI=1S/C38H37N3O/c1-37(2,3)29-23-32(38(4,5)6)35-34(24-29)42-36(39-35)28-18-21-31(22-19-28)41-33(27-15-11-8-12-16-27)25-30(40-41)20-17-26-13-9-7-10-14-26/h7-25H,1-6H3. The quantitative estimate of drug-likeness (QED) is 0.214. The summed E-state index contributed by atoms with van der Waals surface area (Å²) in [5, 5.41) is 4.97. The number of hydrogen-bond acceptors (Lipinski definition) is 3. The van der Waals surface area contributed by atoms with Gasteiger partial charge in [-0.2, -0.15) is 5.10 Å². The lowest BCUT2D eigenvalue weighted by Gasteiger charge is -2.24. The molecule has 0 bridgehead atoms. The van der Waals surface area contributed by atoms with Crippen molar-refractivity contribution in [1.29, 1.82) is 0 Å². The second-order valence-electron chi connectivity index (χ2n) is 12.9. The molecule has 0 aliphatic rings. The van der Waals surface area contributed by atoms with Crippen LogP contribution >= 0.6 is 0 Å². The first-order valence-corrected chi connectivity index (χ1v) is 14.5. The van der Waals surface area contributed by atoms with Gasteiger partial charge in [-0.1, -0.05) is 114 Å². The molecule has 0 aliphatic heterocycles. The van der Waals surface area contributed by atoms with Crippen molar-refractivity contribution in [3.8, 4) is 28.4 Å². The highest BCUT2D eigenvalue weighted by Crippen LogP contribution is 2.37. The number of hydrogen-bond donors (Lipinski definition) is 0. The lowest BCUT2D eigenvalue weighted by Crippen LogP contribution is -2.16. The van der Waals surface area contributed by atoms with Gasteiger partial charge in [0, 0.05) is 11.1 Å². The minimum absolute atomic E-state index is 0.0121. The molecule has 2 aromatic heterocycles. The normalized spacial score (nSPS) is 12.4. The second-order valence-corrected chi connectivity index (χ2v) is 12.9. The molecule has 210 valence electrons. The summed E-state index contributed by atoms with van der Waals surface area (Å²) in [6.45, 7) is 13.4. The fourth-order valence-electron chi connectivity index (χ4n) is 5.14. The number of nitrogens with zero attached hydrogens (tertiary/aromatic N) is 3. The molecule has 2 heterocycles. The highest BCUT2D eigenvalue weighted by molar-refractivity contribution is 5.82. The maximum absolute atomic E-state index is 6.40. The van der Waals surface area contributed by atoms with Crippen LogP contribution in [0.2, 0.25) is 0 Å². The lowest BCUT2D eigenvalue weighted by molar-refractivity contribution is 0.568. The van der Waals surface area contributed by atoms with Crippen LogP contribution in [-0.4, -0.2) is 14.8 Å². The van der Waals surface area contributed by atoms with E-state index >= 15 is 0 Å². The molecular formula is C38H37N3O. The van der Waals surface area contributed by atoms with Crippen LogP contribution in [0.4, 0.5) is 0 Å². The fourth-order valence-corrected chi connectivity index (χ4v) is 5.14. The van der Waals surface area contributed by atoms with Gasteiger partial charge in [0.1, 0.15) is 5.52 Å². The van der Waals surface area contributed by atoms with Gasteiger partial charge in [-0.05, 0) is 70.0 Å². The summed E-state index contributed by atoms with van der Waals surface area (Å²) in [6.07, 6.45) is 4.15. The van der Waals surface area contributed by atoms with Crippen LogP contribution in [0.25, 0.3) is 51.7 Å². The zero-order chi connectivity index (χ0) is 29.5. The van der Waals surface area contributed by atoms with E-state index in [-0.39, 0.29) is 10.8 Å². The summed E-state index contributed by atoms with van der Waals surface area (Å²) in [5.41, 5.74) is 10.3. The molecule has 4 heteroatoms. The maximum Gasteiger partial charge on any atom is 0.227 e. The highest BCUT2D eigenvalue weighted by atomic mass is 16.3. The average Bonchev–Trinajstić information content (AvgIpc) is 3.60. The molecule has 0 radical (unpaired) electrons. The van der Waals surface area contributed by atoms with Crippen LogP contribution in [0.5, 0.6) is 0 Å². The first-order chi connectivity index (χ1) is 20.1. The zero-order valence-electron chi connectivity index (χ0n) is 25.2. The van der Waals surface area contributed by atoms with Crippen molar-refractivity contribution in [1.82, 2.24) is 14.8 Å². The predicted molar refractivity (Wildman–Crippen MR) is 175 cm³/mol. The Balaban J connectivity index is 1.39. The number of oxazole rings is 1. The SMILES string of the molecule is CC(C)(C)c1cc(C(C)(C)C)c2nc(-c3ccc(-n4nc(C=Cc5ccccc5)cc4-c4ccccc4)cc3)oc2c1. The van der Waals surface area contributed by atoms with E-state index in [4.69, 9.17) is 14.5 Å². The summed E-state index contributed by atoms with van der Waals surface area (Å²) >= 11 is 0. The van der Waals surface area contributed by atoms with Gasteiger partial charge in [0.05, 0.1) is 17.1 Å². The van der Waals surface area contributed by atoms with Gasteiger partial charge in [-0.15, -0.1) is 0 Å². The first-order valence-electron chi connectivity index (χ1n) is 14.5. The van der Waals surface area contributed by atoms with E-state index in [1.165, 1.54) is 11.1 Å². The minimum Gasteiger partial charge on any atom is -0.436 e. The predicted octanol–water partition coefficient (Wildman–Crippen LogP) is 10.1. The van der Waals surface area contributed by atoms with Gasteiger partial charge >= 0.3 is 0 Å².